The van der Waals surface area contributed by atoms with Crippen LogP contribution in [0.3, 0.4) is 0 Å². The number of halogens is 1. The summed E-state index contributed by atoms with van der Waals surface area (Å²) in [4.78, 5) is 26.9. The number of hydrogen-bond acceptors (Lipinski definition) is 6. The topological polar surface area (TPSA) is 114 Å². The van der Waals surface area contributed by atoms with Gasteiger partial charge in [0.05, 0.1) is 17.7 Å². The molecule has 0 aromatic heterocycles. The van der Waals surface area contributed by atoms with Gasteiger partial charge in [-0.2, -0.15) is 0 Å². The van der Waals surface area contributed by atoms with E-state index in [1.54, 1.807) is 6.07 Å². The average Bonchev–Trinajstić information content (AvgIpc) is 3.37. The van der Waals surface area contributed by atoms with Crippen LogP contribution in [0.15, 0.2) is 42.5 Å². The van der Waals surface area contributed by atoms with Gasteiger partial charge in [-0.1, -0.05) is 35.9 Å². The molecule has 9 heteroatoms. The summed E-state index contributed by atoms with van der Waals surface area (Å²) in [6.45, 7) is 3.42. The number of hydrogen-bond donors (Lipinski definition) is 3. The van der Waals surface area contributed by atoms with E-state index in [0.717, 1.165) is 31.2 Å². The fourth-order valence-corrected chi connectivity index (χ4v) is 6.21. The van der Waals surface area contributed by atoms with Crippen molar-refractivity contribution in [3.05, 3.63) is 58.6 Å². The quantitative estimate of drug-likeness (QED) is 0.368. The molecule has 2 aromatic rings. The van der Waals surface area contributed by atoms with Gasteiger partial charge in [-0.15, -0.1) is 0 Å². The number of nitrogens with two attached hydrogens (primary N) is 1. The Kier molecular flexibility index (Phi) is 9.75. The van der Waals surface area contributed by atoms with E-state index in [2.05, 4.69) is 10.1 Å². The minimum atomic E-state index is -1.35. The Morgan fingerprint density at radius 1 is 1.21 bits per heavy atom. The zero-order chi connectivity index (χ0) is 28.0. The van der Waals surface area contributed by atoms with E-state index < -0.39 is 11.7 Å². The summed E-state index contributed by atoms with van der Waals surface area (Å²) in [5.74, 6) is 0.851. The van der Waals surface area contributed by atoms with Gasteiger partial charge in [-0.05, 0) is 75.6 Å². The summed E-state index contributed by atoms with van der Waals surface area (Å²) in [5, 5.41) is 15.6. The predicted octanol–water partition coefficient (Wildman–Crippen LogP) is 5.13. The molecule has 2 amide bonds. The van der Waals surface area contributed by atoms with Gasteiger partial charge in [0.15, 0.2) is 5.75 Å². The second-order valence-electron chi connectivity index (χ2n) is 10.9. The summed E-state index contributed by atoms with van der Waals surface area (Å²) in [7, 11) is 1.32. The van der Waals surface area contributed by atoms with Crippen molar-refractivity contribution in [2.24, 2.45) is 17.6 Å². The third-order valence-corrected chi connectivity index (χ3v) is 8.36. The molecule has 1 saturated carbocycles. The highest BCUT2D eigenvalue weighted by Gasteiger charge is 2.44. The van der Waals surface area contributed by atoms with Crippen LogP contribution in [0, 0.1) is 18.8 Å². The average molecular weight is 558 g/mol. The smallest absolute Gasteiger partial charge is 0.406 e. The van der Waals surface area contributed by atoms with Gasteiger partial charge in [-0.3, -0.25) is 4.79 Å². The van der Waals surface area contributed by atoms with Crippen molar-refractivity contribution in [2.75, 3.05) is 26.7 Å². The first-order chi connectivity index (χ1) is 18.7. The molecule has 4 atom stereocenters. The second kappa shape index (κ2) is 13.0. The predicted molar refractivity (Wildman–Crippen MR) is 151 cm³/mol. The van der Waals surface area contributed by atoms with E-state index in [1.807, 2.05) is 48.2 Å². The number of rotatable bonds is 9. The lowest BCUT2D eigenvalue weighted by atomic mass is 9.73. The zero-order valence-electron chi connectivity index (χ0n) is 22.8. The first-order valence-electron chi connectivity index (χ1n) is 13.8. The number of benzene rings is 2. The Morgan fingerprint density at radius 2 is 2.00 bits per heavy atom. The zero-order valence-corrected chi connectivity index (χ0v) is 23.6. The monoisotopic (exact) mass is 557 g/mol. The summed E-state index contributed by atoms with van der Waals surface area (Å²) in [5.41, 5.74) is 6.36. The Labute approximate surface area is 235 Å². The number of aryl methyl sites for hydroxylation is 1. The summed E-state index contributed by atoms with van der Waals surface area (Å²) >= 11 is 6.68. The van der Waals surface area contributed by atoms with Gasteiger partial charge in [0.2, 0.25) is 5.91 Å². The van der Waals surface area contributed by atoms with Crippen molar-refractivity contribution < 1.29 is 24.2 Å². The molecule has 1 aliphatic heterocycles. The molecule has 0 spiro atoms. The van der Waals surface area contributed by atoms with Crippen LogP contribution in [0.25, 0.3) is 0 Å². The molecule has 1 saturated heterocycles. The van der Waals surface area contributed by atoms with Gasteiger partial charge in [-0.25, -0.2) is 4.79 Å². The number of carbonyl (C=O) groups excluding carboxylic acids is 2. The van der Waals surface area contributed by atoms with Crippen LogP contribution >= 0.6 is 11.6 Å². The molecule has 1 heterocycles. The number of carbonyl (C=O) groups is 2. The molecule has 0 bridgehead atoms. The largest absolute Gasteiger partial charge is 0.455 e. The molecule has 2 aliphatic rings. The summed E-state index contributed by atoms with van der Waals surface area (Å²) < 4.78 is 11.0. The van der Waals surface area contributed by atoms with Crippen molar-refractivity contribution in [1.82, 2.24) is 10.2 Å². The lowest BCUT2D eigenvalue weighted by Crippen LogP contribution is -2.49. The maximum atomic E-state index is 13.4. The molecule has 8 nitrogen and oxygen atoms in total. The van der Waals surface area contributed by atoms with E-state index in [-0.39, 0.29) is 23.8 Å². The number of methoxy groups -OCH3 is 1. The molecule has 0 radical (unpaired) electrons. The maximum Gasteiger partial charge on any atom is 0.406 e. The normalized spacial score (nSPS) is 22.7. The number of aliphatic hydroxyl groups is 1. The lowest BCUT2D eigenvalue weighted by Gasteiger charge is -2.44. The molecule has 212 valence electrons. The van der Waals surface area contributed by atoms with Crippen LogP contribution in [0.1, 0.15) is 56.1 Å². The highest BCUT2D eigenvalue weighted by molar-refractivity contribution is 6.32. The molecule has 0 unspecified atom stereocenters. The van der Waals surface area contributed by atoms with Crippen LogP contribution in [-0.4, -0.2) is 54.8 Å². The van der Waals surface area contributed by atoms with Gasteiger partial charge < -0.3 is 30.5 Å². The van der Waals surface area contributed by atoms with Crippen LogP contribution < -0.4 is 15.8 Å². The third kappa shape index (κ3) is 7.04. The maximum absolute atomic E-state index is 13.4. The van der Waals surface area contributed by atoms with E-state index in [1.165, 1.54) is 7.11 Å². The van der Waals surface area contributed by atoms with Crippen LogP contribution in [0.5, 0.6) is 11.5 Å². The fourth-order valence-electron chi connectivity index (χ4n) is 6.00. The van der Waals surface area contributed by atoms with E-state index in [0.29, 0.717) is 61.0 Å². The SMILES string of the molecule is COC(=O)NCCC[C@@](O)(c1cccc(Cl)c1Oc1cccc(C)c1)[C@@H]1CCCN(C(=O)[C@@H]2CC[C@H](N)C2)C1. The van der Waals surface area contributed by atoms with Gasteiger partial charge in [0.25, 0.3) is 0 Å². The number of nitrogens with zero attached hydrogens (tertiary/aromatic N) is 1. The highest BCUT2D eigenvalue weighted by Crippen LogP contribution is 2.46. The minimum absolute atomic E-state index is 0.0533. The third-order valence-electron chi connectivity index (χ3n) is 8.06. The Morgan fingerprint density at radius 3 is 2.72 bits per heavy atom. The van der Waals surface area contributed by atoms with E-state index in [9.17, 15) is 14.7 Å². The van der Waals surface area contributed by atoms with Crippen molar-refractivity contribution in [2.45, 2.75) is 63.5 Å². The van der Waals surface area contributed by atoms with Crippen molar-refractivity contribution in [3.63, 3.8) is 0 Å². The number of piperidine rings is 1. The van der Waals surface area contributed by atoms with Gasteiger partial charge in [0.1, 0.15) is 5.75 Å². The minimum Gasteiger partial charge on any atom is -0.455 e. The number of nitrogens with one attached hydrogen (secondary N) is 1. The van der Waals surface area contributed by atoms with E-state index in [4.69, 9.17) is 22.1 Å². The molecular weight excluding hydrogens is 518 g/mol. The first-order valence-corrected chi connectivity index (χ1v) is 14.2. The second-order valence-corrected chi connectivity index (χ2v) is 11.3. The first kappa shape index (κ1) is 29.2. The van der Waals surface area contributed by atoms with Gasteiger partial charge in [0, 0.05) is 43.1 Å². The molecule has 1 aliphatic carbocycles. The van der Waals surface area contributed by atoms with Crippen molar-refractivity contribution in [3.8, 4) is 11.5 Å². The summed E-state index contributed by atoms with van der Waals surface area (Å²) in [6.07, 6.45) is 4.23. The van der Waals surface area contributed by atoms with Crippen molar-refractivity contribution >= 4 is 23.6 Å². The fraction of sp³-hybridized carbons (Fsp3) is 0.533. The van der Waals surface area contributed by atoms with Crippen LogP contribution in [0.4, 0.5) is 4.79 Å². The number of alkyl carbamates (subject to hydrolysis) is 1. The number of likely N-dealkylation sites (tertiary alicyclic amines) is 1. The van der Waals surface area contributed by atoms with Crippen LogP contribution in [-0.2, 0) is 15.1 Å². The number of ether oxygens (including phenoxy) is 2. The molecule has 2 aromatic carbocycles. The van der Waals surface area contributed by atoms with Crippen molar-refractivity contribution in [1.29, 1.82) is 0 Å². The standard InChI is InChI=1S/C30H40ClN3O5/c1-20-7-3-9-24(17-20)39-27-25(10-4-11-26(27)31)30(37,14-6-15-33-29(36)38-2)22-8-5-16-34(19-22)28(35)21-12-13-23(32)18-21/h3-4,7,9-11,17,21-23,37H,5-6,8,12-16,18-19,32H2,1-2H3,(H,33,36)/t21-,22-,23+,30+/m1/s1. The molecule has 4 rings (SSSR count). The van der Waals surface area contributed by atoms with Gasteiger partial charge >= 0.3 is 6.09 Å². The molecule has 39 heavy (non-hydrogen) atoms. The Hall–Kier alpha value is -2.81. The Bertz CT molecular complexity index is 1160. The number of amides is 2. The molecule has 4 N–H and O–H groups in total. The number of para-hydroxylation sites is 1. The highest BCUT2D eigenvalue weighted by atomic mass is 35.5. The summed E-state index contributed by atoms with van der Waals surface area (Å²) in [6, 6.07) is 13.1. The Balaban J connectivity index is 1.64. The molecular formula is C30H40ClN3O5. The van der Waals surface area contributed by atoms with E-state index >= 15 is 0 Å². The molecule has 2 fully saturated rings. The van der Waals surface area contributed by atoms with Crippen LogP contribution in [0.2, 0.25) is 5.02 Å². The lowest BCUT2D eigenvalue weighted by molar-refractivity contribution is -0.141.